The molecule has 2 amide bonds. The molecule has 11 nitrogen and oxygen atoms in total. The Morgan fingerprint density at radius 1 is 0.686 bits per heavy atom. The lowest BCUT2D eigenvalue weighted by Crippen LogP contribution is -2.46. The number of aliphatic carboxylic acids is 2. The van der Waals surface area contributed by atoms with E-state index in [4.69, 9.17) is 41.7 Å². The molecule has 35 heavy (non-hydrogen) atoms. The zero-order valence-corrected chi connectivity index (χ0v) is 20.1. The van der Waals surface area contributed by atoms with Gasteiger partial charge in [0.2, 0.25) is 11.8 Å². The fourth-order valence-corrected chi connectivity index (χ4v) is 0.826. The molecule has 208 valence electrons. The lowest BCUT2D eigenvalue weighted by Gasteiger charge is -2.24. The van der Waals surface area contributed by atoms with Crippen LogP contribution in [0.1, 0.15) is 54.9 Å². The van der Waals surface area contributed by atoms with Gasteiger partial charge in [0.15, 0.2) is 0 Å². The van der Waals surface area contributed by atoms with Crippen molar-refractivity contribution >= 4 is 29.7 Å². The normalized spacial score (nSPS) is 11.7. The molecular formula is C18H31F6N3O8. The van der Waals surface area contributed by atoms with Crippen LogP contribution in [0.4, 0.5) is 26.3 Å². The Hall–Kier alpha value is -3.11. The molecule has 17 heteroatoms. The number of alkyl halides is 6. The highest BCUT2D eigenvalue weighted by molar-refractivity contribution is 5.85. The van der Waals surface area contributed by atoms with Gasteiger partial charge in [-0.2, -0.15) is 26.3 Å². The minimum Gasteiger partial charge on any atom is -0.475 e. The number of carboxylic acid groups (broad SMARTS) is 2. The van der Waals surface area contributed by atoms with Crippen molar-refractivity contribution in [3.63, 3.8) is 0 Å². The molecule has 0 aromatic rings. The molecule has 0 unspecified atom stereocenters. The smallest absolute Gasteiger partial charge is 0.475 e. The molecule has 0 heterocycles. The number of carboxylic acids is 2. The third kappa shape index (κ3) is 27.0. The van der Waals surface area contributed by atoms with Gasteiger partial charge in [-0.3, -0.25) is 14.4 Å². The molecule has 0 fully saturated rings. The minimum atomic E-state index is -5.08. The fourth-order valence-electron chi connectivity index (χ4n) is 0.826. The summed E-state index contributed by atoms with van der Waals surface area (Å²) < 4.78 is 68.5. The lowest BCUT2D eigenvalue weighted by molar-refractivity contribution is -0.193. The number of amides is 2. The third-order valence-corrected chi connectivity index (χ3v) is 2.79. The third-order valence-electron chi connectivity index (χ3n) is 2.79. The number of hydrogen-bond acceptors (Lipinski definition) is 7. The van der Waals surface area contributed by atoms with Crippen molar-refractivity contribution < 1.29 is 65.3 Å². The first-order valence-corrected chi connectivity index (χ1v) is 9.08. The number of primary amides is 2. The average Bonchev–Trinajstić information content (AvgIpc) is 2.51. The number of carbonyl (C=O) groups excluding carboxylic acids is 3. The van der Waals surface area contributed by atoms with Crippen LogP contribution < -0.4 is 17.2 Å². The average molecular weight is 531 g/mol. The van der Waals surface area contributed by atoms with Gasteiger partial charge in [-0.25, -0.2) is 9.59 Å². The minimum absolute atomic E-state index is 0.0135. The van der Waals surface area contributed by atoms with E-state index in [0.29, 0.717) is 0 Å². The van der Waals surface area contributed by atoms with Crippen molar-refractivity contribution in [2.24, 2.45) is 22.6 Å². The Labute approximate surface area is 196 Å². The predicted molar refractivity (Wildman–Crippen MR) is 108 cm³/mol. The summed E-state index contributed by atoms with van der Waals surface area (Å²) in [5.74, 6) is -6.89. The Morgan fingerprint density at radius 2 is 0.914 bits per heavy atom. The molecule has 0 aliphatic heterocycles. The van der Waals surface area contributed by atoms with Crippen LogP contribution in [0, 0.1) is 5.41 Å². The van der Waals surface area contributed by atoms with E-state index in [1.165, 1.54) is 0 Å². The summed E-state index contributed by atoms with van der Waals surface area (Å²) in [6.45, 7) is 11.7. The number of ether oxygens (including phenoxy) is 1. The predicted octanol–water partition coefficient (Wildman–Crippen LogP) is 1.71. The molecule has 0 rings (SSSR count). The second kappa shape index (κ2) is 14.3. The molecule has 0 aromatic heterocycles. The Morgan fingerprint density at radius 3 is 1.03 bits per heavy atom. The molecule has 0 spiro atoms. The van der Waals surface area contributed by atoms with E-state index in [0.717, 1.165) is 0 Å². The molecule has 0 saturated heterocycles. The van der Waals surface area contributed by atoms with Crippen molar-refractivity contribution in [1.29, 1.82) is 0 Å². The Kier molecular flexibility index (Phi) is 16.0. The summed E-state index contributed by atoms with van der Waals surface area (Å²) in [5, 5.41) is 14.2. The van der Waals surface area contributed by atoms with E-state index in [1.54, 1.807) is 48.5 Å². The van der Waals surface area contributed by atoms with E-state index in [-0.39, 0.29) is 6.42 Å². The quantitative estimate of drug-likeness (QED) is 0.263. The molecule has 0 aliphatic carbocycles. The number of esters is 1. The largest absolute Gasteiger partial charge is 0.490 e. The van der Waals surface area contributed by atoms with Crippen molar-refractivity contribution in [2.75, 3.05) is 0 Å². The number of nitrogens with two attached hydrogens (primary N) is 3. The molecule has 0 radical (unpaired) electrons. The van der Waals surface area contributed by atoms with Gasteiger partial charge in [0, 0.05) is 0 Å². The molecule has 0 aliphatic rings. The second-order valence-electron chi connectivity index (χ2n) is 8.70. The standard InChI is InChI=1S/C10H19NO3.C4H10N2O.2C2HF3O2/c1-9(2,3)14-7(12)6-10(4,5)8(11)13;1-4(2,6)3(5)7;2*3-2(4,5)1(6)7/h6H2,1-5H3,(H2,11,13);6H2,1-2H3,(H2,5,7);2*(H,6,7). The maximum atomic E-state index is 11.3. The summed E-state index contributed by atoms with van der Waals surface area (Å²) in [6, 6.07) is 0. The topological polar surface area (TPSA) is 213 Å². The molecular weight excluding hydrogens is 500 g/mol. The van der Waals surface area contributed by atoms with Crippen molar-refractivity contribution in [1.82, 2.24) is 0 Å². The molecule has 8 N–H and O–H groups in total. The Bertz CT molecular complexity index is 679. The first-order chi connectivity index (χ1) is 14.9. The van der Waals surface area contributed by atoms with Crippen molar-refractivity contribution in [2.45, 2.75) is 78.4 Å². The molecule has 0 atom stereocenters. The van der Waals surface area contributed by atoms with Gasteiger partial charge < -0.3 is 32.2 Å². The highest BCUT2D eigenvalue weighted by atomic mass is 19.4. The van der Waals surface area contributed by atoms with E-state index >= 15 is 0 Å². The number of carbonyl (C=O) groups is 5. The Balaban J connectivity index is -0.000000196. The number of halogens is 6. The highest BCUT2D eigenvalue weighted by Crippen LogP contribution is 2.21. The summed E-state index contributed by atoms with van der Waals surface area (Å²) in [4.78, 5) is 50.2. The SMILES string of the molecule is CC(C)(C)OC(=O)CC(C)(C)C(N)=O.CC(C)(N)C(N)=O.O=C(O)C(F)(F)F.O=C(O)C(F)(F)F. The van der Waals surface area contributed by atoms with Crippen LogP contribution >= 0.6 is 0 Å². The molecule has 0 bridgehead atoms. The van der Waals surface area contributed by atoms with Crippen LogP contribution in [0.25, 0.3) is 0 Å². The van der Waals surface area contributed by atoms with Gasteiger partial charge in [0.1, 0.15) is 5.60 Å². The van der Waals surface area contributed by atoms with Gasteiger partial charge >= 0.3 is 30.3 Å². The maximum Gasteiger partial charge on any atom is 0.490 e. The second-order valence-corrected chi connectivity index (χ2v) is 8.70. The van der Waals surface area contributed by atoms with E-state index in [1.807, 2.05) is 0 Å². The zero-order chi connectivity index (χ0) is 29.8. The lowest BCUT2D eigenvalue weighted by atomic mass is 9.89. The van der Waals surface area contributed by atoms with Crippen LogP contribution in [0.15, 0.2) is 0 Å². The maximum absolute atomic E-state index is 11.3. The zero-order valence-electron chi connectivity index (χ0n) is 20.1. The molecule has 0 aromatic carbocycles. The van der Waals surface area contributed by atoms with Gasteiger partial charge in [-0.15, -0.1) is 0 Å². The van der Waals surface area contributed by atoms with Crippen molar-refractivity contribution in [3.8, 4) is 0 Å². The van der Waals surface area contributed by atoms with E-state index < -0.39 is 58.6 Å². The van der Waals surface area contributed by atoms with Crippen LogP contribution in [0.3, 0.4) is 0 Å². The van der Waals surface area contributed by atoms with Crippen LogP contribution in [-0.4, -0.2) is 63.4 Å². The summed E-state index contributed by atoms with van der Waals surface area (Å²) in [7, 11) is 0. The summed E-state index contributed by atoms with van der Waals surface area (Å²) in [5.41, 5.74) is 12.9. The van der Waals surface area contributed by atoms with E-state index in [9.17, 15) is 40.7 Å². The first-order valence-electron chi connectivity index (χ1n) is 9.08. The van der Waals surface area contributed by atoms with Gasteiger partial charge in [0.05, 0.1) is 17.4 Å². The molecule has 0 saturated carbocycles. The van der Waals surface area contributed by atoms with Crippen LogP contribution in [-0.2, 0) is 28.7 Å². The first kappa shape index (κ1) is 39.1. The van der Waals surface area contributed by atoms with Crippen molar-refractivity contribution in [3.05, 3.63) is 0 Å². The fraction of sp³-hybridized carbons (Fsp3) is 0.722. The van der Waals surface area contributed by atoms with Crippen LogP contribution in [0.2, 0.25) is 0 Å². The van der Waals surface area contributed by atoms with E-state index in [2.05, 4.69) is 0 Å². The highest BCUT2D eigenvalue weighted by Gasteiger charge is 2.39. The number of rotatable bonds is 4. The van der Waals surface area contributed by atoms with Gasteiger partial charge in [-0.05, 0) is 34.6 Å². The summed E-state index contributed by atoms with van der Waals surface area (Å²) >= 11 is 0. The number of hydrogen-bond donors (Lipinski definition) is 5. The monoisotopic (exact) mass is 531 g/mol. The summed E-state index contributed by atoms with van der Waals surface area (Å²) in [6.07, 6.45) is -10.2. The van der Waals surface area contributed by atoms with Gasteiger partial charge in [-0.1, -0.05) is 13.8 Å². The van der Waals surface area contributed by atoms with Crippen LogP contribution in [0.5, 0.6) is 0 Å². The van der Waals surface area contributed by atoms with Gasteiger partial charge in [0.25, 0.3) is 0 Å².